The van der Waals surface area contributed by atoms with Crippen molar-refractivity contribution in [2.45, 2.75) is 12.8 Å². The molecule has 0 spiro atoms. The van der Waals surface area contributed by atoms with Gasteiger partial charge in [0.15, 0.2) is 0 Å². The van der Waals surface area contributed by atoms with E-state index >= 15 is 0 Å². The topological polar surface area (TPSA) is 58.9 Å². The molecule has 2 aromatic carbocycles. The lowest BCUT2D eigenvalue weighted by molar-refractivity contribution is 0.564. The molecule has 0 bridgehead atoms. The summed E-state index contributed by atoms with van der Waals surface area (Å²) in [7, 11) is 0. The largest absolute Gasteiger partial charge is 0.240 e. The molecule has 0 radical (unpaired) electrons. The fraction of sp³-hybridized carbons (Fsp3) is 0.125. The first-order chi connectivity index (χ1) is 9.83. The predicted molar refractivity (Wildman–Crippen MR) is 75.9 cm³/mol. The average molecular weight is 264 g/mol. The van der Waals surface area contributed by atoms with Crippen LogP contribution in [0.1, 0.15) is 11.1 Å². The van der Waals surface area contributed by atoms with Gasteiger partial charge in [0.05, 0.1) is 11.4 Å². The Morgan fingerprint density at radius 1 is 0.850 bits per heavy atom. The number of benzene rings is 2. The van der Waals surface area contributed by atoms with Crippen molar-refractivity contribution in [3.63, 3.8) is 0 Å². The van der Waals surface area contributed by atoms with Crippen LogP contribution in [0.2, 0.25) is 0 Å². The van der Waals surface area contributed by atoms with Crippen molar-refractivity contribution < 1.29 is 9.59 Å². The Bertz CT molecular complexity index is 683. The Morgan fingerprint density at radius 2 is 1.60 bits per heavy atom. The van der Waals surface area contributed by atoms with E-state index in [2.05, 4.69) is 9.98 Å². The summed E-state index contributed by atoms with van der Waals surface area (Å²) in [4.78, 5) is 27.9. The minimum absolute atomic E-state index is 0.428. The van der Waals surface area contributed by atoms with Gasteiger partial charge < -0.3 is 0 Å². The normalized spacial score (nSPS) is 9.40. The van der Waals surface area contributed by atoms with Gasteiger partial charge in [-0.25, -0.2) is 9.59 Å². The molecular formula is C16H12N2O2. The van der Waals surface area contributed by atoms with Crippen molar-refractivity contribution in [2.24, 2.45) is 9.98 Å². The second-order valence-corrected chi connectivity index (χ2v) is 4.20. The van der Waals surface area contributed by atoms with Crippen LogP contribution in [0.25, 0.3) is 0 Å². The summed E-state index contributed by atoms with van der Waals surface area (Å²) >= 11 is 0. The first-order valence-corrected chi connectivity index (χ1v) is 6.16. The third kappa shape index (κ3) is 3.59. The zero-order valence-corrected chi connectivity index (χ0v) is 10.7. The van der Waals surface area contributed by atoms with Gasteiger partial charge in [-0.1, -0.05) is 36.4 Å². The lowest BCUT2D eigenvalue weighted by Crippen LogP contribution is -1.91. The summed E-state index contributed by atoms with van der Waals surface area (Å²) in [5.74, 6) is 0. The van der Waals surface area contributed by atoms with Gasteiger partial charge in [0, 0.05) is 0 Å². The average Bonchev–Trinajstić information content (AvgIpc) is 2.48. The number of nitrogens with zero attached hydrogens (tertiary/aromatic N) is 2. The zero-order valence-electron chi connectivity index (χ0n) is 10.7. The van der Waals surface area contributed by atoms with E-state index in [4.69, 9.17) is 0 Å². The van der Waals surface area contributed by atoms with Crippen molar-refractivity contribution in [3.05, 3.63) is 59.7 Å². The fourth-order valence-corrected chi connectivity index (χ4v) is 1.96. The maximum absolute atomic E-state index is 10.5. The third-order valence-corrected chi connectivity index (χ3v) is 2.94. The van der Waals surface area contributed by atoms with Gasteiger partial charge in [0.2, 0.25) is 12.2 Å². The van der Waals surface area contributed by atoms with E-state index in [1.165, 1.54) is 17.7 Å². The second-order valence-electron chi connectivity index (χ2n) is 4.20. The smallest absolute Gasteiger partial charge is 0.211 e. The van der Waals surface area contributed by atoms with Crippen LogP contribution in [0, 0.1) is 0 Å². The SMILES string of the molecule is O=C=Nc1ccc(CCc2ccccc2)c(N=C=O)c1. The monoisotopic (exact) mass is 264 g/mol. The van der Waals surface area contributed by atoms with Crippen molar-refractivity contribution in [1.29, 1.82) is 0 Å². The lowest BCUT2D eigenvalue weighted by Gasteiger charge is -2.05. The highest BCUT2D eigenvalue weighted by atomic mass is 16.1. The van der Waals surface area contributed by atoms with Crippen LogP contribution in [0.15, 0.2) is 58.5 Å². The van der Waals surface area contributed by atoms with Crippen LogP contribution in [0.3, 0.4) is 0 Å². The number of hydrogen-bond donors (Lipinski definition) is 0. The molecule has 4 heteroatoms. The van der Waals surface area contributed by atoms with Crippen LogP contribution in [-0.4, -0.2) is 12.2 Å². The second kappa shape index (κ2) is 6.95. The predicted octanol–water partition coefficient (Wildman–Crippen LogP) is 3.41. The van der Waals surface area contributed by atoms with Crippen LogP contribution in [0.4, 0.5) is 11.4 Å². The first kappa shape index (κ1) is 13.6. The molecule has 0 aliphatic heterocycles. The summed E-state index contributed by atoms with van der Waals surface area (Å²) in [6.07, 6.45) is 4.58. The molecule has 98 valence electrons. The van der Waals surface area contributed by atoms with E-state index in [-0.39, 0.29) is 0 Å². The summed E-state index contributed by atoms with van der Waals surface area (Å²) in [5, 5.41) is 0. The minimum Gasteiger partial charge on any atom is -0.211 e. The van der Waals surface area contributed by atoms with Gasteiger partial charge in [-0.15, -0.1) is 0 Å². The molecule has 0 fully saturated rings. The standard InChI is InChI=1S/C16H12N2O2/c19-11-17-15-9-8-14(16(10-15)18-12-20)7-6-13-4-2-1-3-5-13/h1-5,8-10H,6-7H2. The Kier molecular flexibility index (Phi) is 4.74. The van der Waals surface area contributed by atoms with E-state index < -0.39 is 0 Å². The maximum atomic E-state index is 10.5. The van der Waals surface area contributed by atoms with Crippen molar-refractivity contribution >= 4 is 23.5 Å². The highest BCUT2D eigenvalue weighted by Gasteiger charge is 2.04. The summed E-state index contributed by atoms with van der Waals surface area (Å²) in [6, 6.07) is 15.1. The number of aryl methyl sites for hydroxylation is 2. The maximum Gasteiger partial charge on any atom is 0.240 e. The number of rotatable bonds is 5. The Hall–Kier alpha value is -2.80. The van der Waals surface area contributed by atoms with Crippen LogP contribution < -0.4 is 0 Å². The molecule has 0 atom stereocenters. The molecule has 20 heavy (non-hydrogen) atoms. The lowest BCUT2D eigenvalue weighted by atomic mass is 10.0. The summed E-state index contributed by atoms with van der Waals surface area (Å²) in [5.41, 5.74) is 3.05. The molecule has 0 heterocycles. The number of carbonyl (C=O) groups excluding carboxylic acids is 2. The first-order valence-electron chi connectivity index (χ1n) is 6.16. The molecule has 0 saturated carbocycles. The van der Waals surface area contributed by atoms with E-state index in [9.17, 15) is 9.59 Å². The molecule has 2 rings (SSSR count). The van der Waals surface area contributed by atoms with Gasteiger partial charge in [-0.3, -0.25) is 0 Å². The van der Waals surface area contributed by atoms with Gasteiger partial charge in [-0.05, 0) is 36.1 Å². The van der Waals surface area contributed by atoms with Crippen molar-refractivity contribution in [1.82, 2.24) is 0 Å². The summed E-state index contributed by atoms with van der Waals surface area (Å²) in [6.45, 7) is 0. The highest BCUT2D eigenvalue weighted by molar-refractivity contribution is 5.62. The van der Waals surface area contributed by atoms with E-state index in [0.29, 0.717) is 11.4 Å². The molecule has 0 amide bonds. The molecular weight excluding hydrogens is 252 g/mol. The quantitative estimate of drug-likeness (QED) is 0.613. The minimum atomic E-state index is 0.428. The molecule has 4 nitrogen and oxygen atoms in total. The molecule has 0 N–H and O–H groups in total. The molecule has 0 aromatic heterocycles. The molecule has 0 unspecified atom stereocenters. The van der Waals surface area contributed by atoms with Gasteiger partial charge >= 0.3 is 0 Å². The van der Waals surface area contributed by atoms with Gasteiger partial charge in [-0.2, -0.15) is 9.98 Å². The van der Waals surface area contributed by atoms with Gasteiger partial charge in [0.1, 0.15) is 0 Å². The van der Waals surface area contributed by atoms with Crippen LogP contribution in [0.5, 0.6) is 0 Å². The van der Waals surface area contributed by atoms with Gasteiger partial charge in [0.25, 0.3) is 0 Å². The molecule has 0 aliphatic carbocycles. The number of isocyanates is 2. The fourth-order valence-electron chi connectivity index (χ4n) is 1.96. The molecule has 2 aromatic rings. The van der Waals surface area contributed by atoms with Crippen molar-refractivity contribution in [2.75, 3.05) is 0 Å². The van der Waals surface area contributed by atoms with Crippen LogP contribution >= 0.6 is 0 Å². The third-order valence-electron chi connectivity index (χ3n) is 2.94. The Labute approximate surface area is 116 Å². The molecule has 0 saturated heterocycles. The summed E-state index contributed by atoms with van der Waals surface area (Å²) < 4.78 is 0. The van der Waals surface area contributed by atoms with E-state index in [1.807, 2.05) is 36.4 Å². The number of hydrogen-bond acceptors (Lipinski definition) is 4. The van der Waals surface area contributed by atoms with E-state index in [0.717, 1.165) is 18.4 Å². The molecule has 0 aliphatic rings. The Morgan fingerprint density at radius 3 is 2.30 bits per heavy atom. The Balaban J connectivity index is 2.22. The van der Waals surface area contributed by atoms with Crippen LogP contribution in [-0.2, 0) is 22.4 Å². The highest BCUT2D eigenvalue weighted by Crippen LogP contribution is 2.26. The van der Waals surface area contributed by atoms with Crippen molar-refractivity contribution in [3.8, 4) is 0 Å². The van der Waals surface area contributed by atoms with E-state index in [1.54, 1.807) is 12.1 Å². The zero-order chi connectivity index (χ0) is 14.2. The number of aliphatic imine (C=N–C) groups is 2.